The summed E-state index contributed by atoms with van der Waals surface area (Å²) in [6, 6.07) is -0.224. The minimum Gasteiger partial charge on any atom is -0.481 e. The maximum atomic E-state index is 12.0. The van der Waals surface area contributed by atoms with E-state index in [4.69, 9.17) is 4.52 Å². The molecule has 1 heterocycles. The normalized spacial score (nSPS) is 30.5. The summed E-state index contributed by atoms with van der Waals surface area (Å²) in [7, 11) is 0. The zero-order valence-electron chi connectivity index (χ0n) is 11.9. The van der Waals surface area contributed by atoms with Gasteiger partial charge in [-0.1, -0.05) is 5.16 Å². The lowest BCUT2D eigenvalue weighted by molar-refractivity contribution is -0.144. The minimum atomic E-state index is -0.792. The number of hydrogen-bond acceptors (Lipinski definition) is 5. The van der Waals surface area contributed by atoms with Crippen LogP contribution < -0.4 is 5.32 Å². The van der Waals surface area contributed by atoms with Gasteiger partial charge in [0.05, 0.1) is 5.92 Å². The second-order valence-corrected chi connectivity index (χ2v) is 6.03. The van der Waals surface area contributed by atoms with E-state index >= 15 is 0 Å². The van der Waals surface area contributed by atoms with Crippen molar-refractivity contribution < 1.29 is 19.2 Å². The first-order valence-electron chi connectivity index (χ1n) is 7.36. The summed E-state index contributed by atoms with van der Waals surface area (Å²) in [5.41, 5.74) is 0. The van der Waals surface area contributed by atoms with Crippen molar-refractivity contribution in [2.24, 2.45) is 17.8 Å². The Morgan fingerprint density at radius 2 is 2.14 bits per heavy atom. The second kappa shape index (κ2) is 5.46. The van der Waals surface area contributed by atoms with E-state index in [-0.39, 0.29) is 24.3 Å². The summed E-state index contributed by atoms with van der Waals surface area (Å²) in [6.07, 6.45) is 3.52. The molecule has 4 unspecified atom stereocenters. The standard InChI is InChI=1S/C14H19N3O4/c1-7-15-11(21-17-7)5-4-10(18)16-13-9-3-2-8(6-9)12(13)14(19)20/h8-9,12-13H,2-6H2,1H3,(H,16,18)(H,19,20). The van der Waals surface area contributed by atoms with E-state index in [1.165, 1.54) is 0 Å². The molecular weight excluding hydrogens is 274 g/mol. The number of rotatable bonds is 5. The highest BCUT2D eigenvalue weighted by Crippen LogP contribution is 2.48. The molecule has 21 heavy (non-hydrogen) atoms. The van der Waals surface area contributed by atoms with Gasteiger partial charge in [-0.25, -0.2) is 0 Å². The van der Waals surface area contributed by atoms with E-state index in [2.05, 4.69) is 15.5 Å². The maximum Gasteiger partial charge on any atom is 0.308 e. The molecule has 2 N–H and O–H groups in total. The first-order valence-corrected chi connectivity index (χ1v) is 7.36. The first kappa shape index (κ1) is 14.0. The molecule has 1 amide bonds. The third kappa shape index (κ3) is 2.77. The highest BCUT2D eigenvalue weighted by molar-refractivity contribution is 5.79. The van der Waals surface area contributed by atoms with Crippen molar-refractivity contribution in [1.82, 2.24) is 15.5 Å². The number of nitrogens with one attached hydrogen (secondary N) is 1. The lowest BCUT2D eigenvalue weighted by atomic mass is 9.84. The quantitative estimate of drug-likeness (QED) is 0.836. The molecule has 0 aromatic carbocycles. The highest BCUT2D eigenvalue weighted by atomic mass is 16.5. The highest BCUT2D eigenvalue weighted by Gasteiger charge is 2.51. The predicted octanol–water partition coefficient (Wildman–Crippen LogP) is 0.926. The molecule has 7 heteroatoms. The lowest BCUT2D eigenvalue weighted by Crippen LogP contribution is -2.46. The van der Waals surface area contributed by atoms with Crippen LogP contribution in [0.25, 0.3) is 0 Å². The van der Waals surface area contributed by atoms with Gasteiger partial charge < -0.3 is 14.9 Å². The van der Waals surface area contributed by atoms with Crippen LogP contribution in [-0.4, -0.2) is 33.2 Å². The molecule has 2 saturated carbocycles. The predicted molar refractivity (Wildman–Crippen MR) is 71.2 cm³/mol. The molecule has 7 nitrogen and oxygen atoms in total. The number of amides is 1. The van der Waals surface area contributed by atoms with Crippen molar-refractivity contribution in [2.75, 3.05) is 0 Å². The van der Waals surface area contributed by atoms with Crippen molar-refractivity contribution in [1.29, 1.82) is 0 Å². The average molecular weight is 293 g/mol. The molecule has 0 aliphatic heterocycles. The Morgan fingerprint density at radius 1 is 1.38 bits per heavy atom. The molecule has 1 aromatic rings. The van der Waals surface area contributed by atoms with Crippen LogP contribution in [0.1, 0.15) is 37.4 Å². The van der Waals surface area contributed by atoms with Gasteiger partial charge in [-0.15, -0.1) is 0 Å². The summed E-state index contributed by atoms with van der Waals surface area (Å²) in [6.45, 7) is 1.72. The fourth-order valence-corrected chi connectivity index (χ4v) is 3.77. The van der Waals surface area contributed by atoms with E-state index in [1.54, 1.807) is 6.92 Å². The number of hydrogen-bond donors (Lipinski definition) is 2. The van der Waals surface area contributed by atoms with E-state index in [0.29, 0.717) is 24.1 Å². The van der Waals surface area contributed by atoms with Crippen LogP contribution in [0.4, 0.5) is 0 Å². The van der Waals surface area contributed by atoms with Gasteiger partial charge in [0.2, 0.25) is 11.8 Å². The fourth-order valence-electron chi connectivity index (χ4n) is 3.77. The minimum absolute atomic E-state index is 0.144. The van der Waals surface area contributed by atoms with Gasteiger partial charge in [0.25, 0.3) is 0 Å². The number of nitrogens with zero attached hydrogens (tertiary/aromatic N) is 2. The lowest BCUT2D eigenvalue weighted by Gasteiger charge is -2.28. The molecule has 2 aliphatic rings. The summed E-state index contributed by atoms with van der Waals surface area (Å²) in [4.78, 5) is 27.5. The van der Waals surface area contributed by atoms with Gasteiger partial charge in [-0.2, -0.15) is 4.98 Å². The summed E-state index contributed by atoms with van der Waals surface area (Å²) < 4.78 is 4.96. The van der Waals surface area contributed by atoms with Gasteiger partial charge in [-0.3, -0.25) is 9.59 Å². The van der Waals surface area contributed by atoms with Crippen molar-refractivity contribution in [2.45, 2.75) is 45.1 Å². The Bertz CT molecular complexity index is 556. The van der Waals surface area contributed by atoms with Gasteiger partial charge >= 0.3 is 5.97 Å². The molecule has 114 valence electrons. The van der Waals surface area contributed by atoms with E-state index in [0.717, 1.165) is 19.3 Å². The number of carbonyl (C=O) groups is 2. The van der Waals surface area contributed by atoms with Crippen molar-refractivity contribution in [3.05, 3.63) is 11.7 Å². The Balaban J connectivity index is 1.55. The van der Waals surface area contributed by atoms with Crippen LogP contribution in [-0.2, 0) is 16.0 Å². The Kier molecular flexibility index (Phi) is 3.65. The third-order valence-corrected chi connectivity index (χ3v) is 4.66. The van der Waals surface area contributed by atoms with Crippen LogP contribution in [0.3, 0.4) is 0 Å². The largest absolute Gasteiger partial charge is 0.481 e. The van der Waals surface area contributed by atoms with Crippen molar-refractivity contribution in [3.63, 3.8) is 0 Å². The fraction of sp³-hybridized carbons (Fsp3) is 0.714. The summed E-state index contributed by atoms with van der Waals surface area (Å²) >= 11 is 0. The Hall–Kier alpha value is -1.92. The van der Waals surface area contributed by atoms with Gasteiger partial charge in [0.15, 0.2) is 5.82 Å². The first-order chi connectivity index (χ1) is 10.0. The van der Waals surface area contributed by atoms with Crippen LogP contribution in [0.5, 0.6) is 0 Å². The number of fused-ring (bicyclic) bond motifs is 2. The van der Waals surface area contributed by atoms with E-state index < -0.39 is 11.9 Å². The molecule has 2 bridgehead atoms. The Labute approximate surface area is 122 Å². The number of aryl methyl sites for hydroxylation is 2. The Morgan fingerprint density at radius 3 is 2.81 bits per heavy atom. The monoisotopic (exact) mass is 293 g/mol. The smallest absolute Gasteiger partial charge is 0.308 e. The number of aromatic nitrogens is 2. The molecule has 0 spiro atoms. The van der Waals surface area contributed by atoms with Crippen LogP contribution in [0, 0.1) is 24.7 Å². The van der Waals surface area contributed by atoms with E-state index in [9.17, 15) is 14.7 Å². The third-order valence-electron chi connectivity index (χ3n) is 4.66. The summed E-state index contributed by atoms with van der Waals surface area (Å²) in [5.74, 6) is 0.143. The topological polar surface area (TPSA) is 105 Å². The number of carboxylic acids is 1. The number of aliphatic carboxylic acids is 1. The van der Waals surface area contributed by atoms with Gasteiger partial charge in [-0.05, 0) is 38.0 Å². The number of carboxylic acid groups (broad SMARTS) is 1. The summed E-state index contributed by atoms with van der Waals surface area (Å²) in [5, 5.41) is 15.9. The molecule has 2 fully saturated rings. The zero-order valence-corrected chi connectivity index (χ0v) is 11.9. The zero-order chi connectivity index (χ0) is 15.0. The molecule has 2 aliphatic carbocycles. The van der Waals surface area contributed by atoms with Crippen molar-refractivity contribution >= 4 is 11.9 Å². The van der Waals surface area contributed by atoms with Gasteiger partial charge in [0, 0.05) is 18.9 Å². The molecule has 0 radical (unpaired) electrons. The molecule has 3 rings (SSSR count). The average Bonchev–Trinajstić information content (AvgIpc) is 3.11. The molecule has 1 aromatic heterocycles. The van der Waals surface area contributed by atoms with Crippen molar-refractivity contribution in [3.8, 4) is 0 Å². The van der Waals surface area contributed by atoms with Crippen LogP contribution in [0.15, 0.2) is 4.52 Å². The van der Waals surface area contributed by atoms with Gasteiger partial charge in [0.1, 0.15) is 0 Å². The van der Waals surface area contributed by atoms with Crippen LogP contribution in [0.2, 0.25) is 0 Å². The molecular formula is C14H19N3O4. The van der Waals surface area contributed by atoms with Crippen LogP contribution >= 0.6 is 0 Å². The molecule has 4 atom stereocenters. The molecule has 0 saturated heterocycles. The van der Waals surface area contributed by atoms with E-state index in [1.807, 2.05) is 0 Å². The SMILES string of the molecule is Cc1noc(CCC(=O)NC2C3CCC(C3)C2C(=O)O)n1. The number of carbonyl (C=O) groups excluding carboxylic acids is 1. The second-order valence-electron chi connectivity index (χ2n) is 6.03. The maximum absolute atomic E-state index is 12.0.